The highest BCUT2D eigenvalue weighted by atomic mass is 16.1. The third-order valence-electron chi connectivity index (χ3n) is 3.27. The number of H-pyrrole nitrogens is 1. The number of fused-ring (bicyclic) bond motifs is 1. The van der Waals surface area contributed by atoms with E-state index in [0.29, 0.717) is 12.4 Å². The molecule has 3 rings (SSSR count). The minimum absolute atomic E-state index is 0.00271. The number of nitrogens with zero attached hydrogens (tertiary/aromatic N) is 1. The Labute approximate surface area is 105 Å². The number of rotatable bonds is 1. The predicted octanol–water partition coefficient (Wildman–Crippen LogP) is 1.39. The summed E-state index contributed by atoms with van der Waals surface area (Å²) in [4.78, 5) is 19.4. The topological polar surface area (TPSA) is 57.8 Å². The summed E-state index contributed by atoms with van der Waals surface area (Å²) in [6.07, 6.45) is 0.756. The van der Waals surface area contributed by atoms with Crippen LogP contribution in [0.15, 0.2) is 29.1 Å². The predicted molar refractivity (Wildman–Crippen MR) is 70.4 cm³/mol. The lowest BCUT2D eigenvalue weighted by Crippen LogP contribution is -2.31. The van der Waals surface area contributed by atoms with Crippen LogP contribution in [0.5, 0.6) is 0 Å². The van der Waals surface area contributed by atoms with E-state index in [-0.39, 0.29) is 5.56 Å². The molecule has 4 heteroatoms. The average Bonchev–Trinajstić information content (AvgIpc) is 2.39. The van der Waals surface area contributed by atoms with Gasteiger partial charge in [0, 0.05) is 17.7 Å². The summed E-state index contributed by atoms with van der Waals surface area (Å²) in [7, 11) is 0. The summed E-state index contributed by atoms with van der Waals surface area (Å²) in [6.45, 7) is 3.57. The molecule has 1 aromatic heterocycles. The molecule has 2 N–H and O–H groups in total. The molecule has 1 aromatic carbocycles. The summed E-state index contributed by atoms with van der Waals surface area (Å²) < 4.78 is 0. The molecule has 0 saturated heterocycles. The molecule has 0 fully saturated rings. The average molecular weight is 241 g/mol. The molecule has 0 bridgehead atoms. The molecule has 0 aliphatic carbocycles. The van der Waals surface area contributed by atoms with Crippen molar-refractivity contribution in [2.24, 2.45) is 0 Å². The van der Waals surface area contributed by atoms with E-state index in [1.54, 1.807) is 0 Å². The minimum atomic E-state index is -0.00271. The molecular weight excluding hydrogens is 226 g/mol. The first-order valence-electron chi connectivity index (χ1n) is 6.14. The Kier molecular flexibility index (Phi) is 2.72. The molecule has 2 heterocycles. The third kappa shape index (κ3) is 1.95. The molecule has 92 valence electrons. The Morgan fingerprint density at radius 3 is 2.78 bits per heavy atom. The molecule has 1 aliphatic rings. The first kappa shape index (κ1) is 11.2. The highest BCUT2D eigenvalue weighted by molar-refractivity contribution is 5.55. The van der Waals surface area contributed by atoms with Crippen molar-refractivity contribution in [3.8, 4) is 11.4 Å². The lowest BCUT2D eigenvalue weighted by atomic mass is 10.1. The highest BCUT2D eigenvalue weighted by Gasteiger charge is 2.15. The van der Waals surface area contributed by atoms with E-state index < -0.39 is 0 Å². The maximum absolute atomic E-state index is 12.0. The van der Waals surface area contributed by atoms with Gasteiger partial charge in [0.1, 0.15) is 5.82 Å². The zero-order valence-corrected chi connectivity index (χ0v) is 10.3. The molecule has 4 nitrogen and oxygen atoms in total. The fraction of sp³-hybridized carbons (Fsp3) is 0.286. The van der Waals surface area contributed by atoms with Gasteiger partial charge >= 0.3 is 0 Å². The lowest BCUT2D eigenvalue weighted by molar-refractivity contribution is 0.619. The Hall–Kier alpha value is -1.94. The number of hydrogen-bond acceptors (Lipinski definition) is 3. The van der Waals surface area contributed by atoms with Crippen LogP contribution in [0, 0.1) is 6.92 Å². The van der Waals surface area contributed by atoms with E-state index in [1.165, 1.54) is 5.56 Å². The number of aromatic nitrogens is 2. The molecule has 2 aromatic rings. The maximum Gasteiger partial charge on any atom is 0.254 e. The first-order valence-corrected chi connectivity index (χ1v) is 6.14. The largest absolute Gasteiger partial charge is 0.311 e. The van der Waals surface area contributed by atoms with Crippen LogP contribution in [0.3, 0.4) is 0 Å². The number of aryl methyl sites for hydroxylation is 1. The maximum atomic E-state index is 12.0. The fourth-order valence-corrected chi connectivity index (χ4v) is 2.22. The van der Waals surface area contributed by atoms with Gasteiger partial charge in [-0.1, -0.05) is 29.8 Å². The van der Waals surface area contributed by atoms with Gasteiger partial charge in [0.15, 0.2) is 0 Å². The highest BCUT2D eigenvalue weighted by Crippen LogP contribution is 2.16. The van der Waals surface area contributed by atoms with Crippen LogP contribution in [0.2, 0.25) is 0 Å². The number of benzene rings is 1. The smallest absolute Gasteiger partial charge is 0.254 e. The SMILES string of the molecule is Cc1ccc(-c2nc3c(c(=O)[nH]2)CCNC3)cc1. The minimum Gasteiger partial charge on any atom is -0.311 e. The van der Waals surface area contributed by atoms with Gasteiger partial charge in [-0.15, -0.1) is 0 Å². The molecule has 0 atom stereocenters. The van der Waals surface area contributed by atoms with E-state index in [0.717, 1.165) is 29.8 Å². The van der Waals surface area contributed by atoms with Crippen LogP contribution >= 0.6 is 0 Å². The van der Waals surface area contributed by atoms with Crippen molar-refractivity contribution >= 4 is 0 Å². The van der Waals surface area contributed by atoms with Gasteiger partial charge in [-0.25, -0.2) is 4.98 Å². The van der Waals surface area contributed by atoms with Gasteiger partial charge in [-0.05, 0) is 19.9 Å². The summed E-state index contributed by atoms with van der Waals surface area (Å²) in [5, 5.41) is 3.24. The van der Waals surface area contributed by atoms with E-state index in [9.17, 15) is 4.79 Å². The molecule has 0 radical (unpaired) electrons. The van der Waals surface area contributed by atoms with Crippen molar-refractivity contribution in [1.82, 2.24) is 15.3 Å². The summed E-state index contributed by atoms with van der Waals surface area (Å²) >= 11 is 0. The molecule has 0 unspecified atom stereocenters. The molecule has 1 aliphatic heterocycles. The number of aromatic amines is 1. The van der Waals surface area contributed by atoms with E-state index in [2.05, 4.69) is 15.3 Å². The van der Waals surface area contributed by atoms with Gasteiger partial charge in [0.25, 0.3) is 5.56 Å². The van der Waals surface area contributed by atoms with E-state index >= 15 is 0 Å². The lowest BCUT2D eigenvalue weighted by Gasteiger charge is -2.15. The zero-order valence-electron chi connectivity index (χ0n) is 10.3. The number of hydrogen-bond donors (Lipinski definition) is 2. The molecule has 0 amide bonds. The van der Waals surface area contributed by atoms with Gasteiger partial charge in [0.2, 0.25) is 0 Å². The van der Waals surface area contributed by atoms with Gasteiger partial charge in [0.05, 0.1) is 5.69 Å². The zero-order chi connectivity index (χ0) is 12.5. The second-order valence-corrected chi connectivity index (χ2v) is 4.63. The van der Waals surface area contributed by atoms with Crippen LogP contribution in [0.4, 0.5) is 0 Å². The van der Waals surface area contributed by atoms with Crippen molar-refractivity contribution in [3.05, 3.63) is 51.4 Å². The van der Waals surface area contributed by atoms with Gasteiger partial charge in [-0.3, -0.25) is 4.79 Å². The van der Waals surface area contributed by atoms with Crippen LogP contribution in [0.25, 0.3) is 11.4 Å². The van der Waals surface area contributed by atoms with Crippen LogP contribution in [-0.2, 0) is 13.0 Å². The second kappa shape index (κ2) is 4.38. The summed E-state index contributed by atoms with van der Waals surface area (Å²) in [5.41, 5.74) is 3.84. The normalized spacial score (nSPS) is 14.3. The van der Waals surface area contributed by atoms with Gasteiger partial charge < -0.3 is 10.3 Å². The molecular formula is C14H15N3O. The van der Waals surface area contributed by atoms with Crippen molar-refractivity contribution in [1.29, 1.82) is 0 Å². The van der Waals surface area contributed by atoms with Gasteiger partial charge in [-0.2, -0.15) is 0 Å². The van der Waals surface area contributed by atoms with E-state index in [1.807, 2.05) is 31.2 Å². The van der Waals surface area contributed by atoms with Crippen molar-refractivity contribution < 1.29 is 0 Å². The Morgan fingerprint density at radius 1 is 1.22 bits per heavy atom. The number of nitrogens with one attached hydrogen (secondary N) is 2. The first-order chi connectivity index (χ1) is 8.74. The van der Waals surface area contributed by atoms with Crippen molar-refractivity contribution in [3.63, 3.8) is 0 Å². The summed E-state index contributed by atoms with van der Waals surface area (Å²) in [5.74, 6) is 0.655. The Bertz CT molecular complexity index is 628. The van der Waals surface area contributed by atoms with Crippen LogP contribution in [0.1, 0.15) is 16.8 Å². The monoisotopic (exact) mass is 241 g/mol. The molecule has 0 spiro atoms. The van der Waals surface area contributed by atoms with Crippen molar-refractivity contribution in [2.45, 2.75) is 19.9 Å². The van der Waals surface area contributed by atoms with Crippen LogP contribution in [-0.4, -0.2) is 16.5 Å². The van der Waals surface area contributed by atoms with Crippen molar-refractivity contribution in [2.75, 3.05) is 6.54 Å². The third-order valence-corrected chi connectivity index (χ3v) is 3.27. The van der Waals surface area contributed by atoms with Crippen LogP contribution < -0.4 is 10.9 Å². The molecule has 18 heavy (non-hydrogen) atoms. The second-order valence-electron chi connectivity index (χ2n) is 4.63. The summed E-state index contributed by atoms with van der Waals surface area (Å²) in [6, 6.07) is 8.01. The Balaban J connectivity index is 2.11. The standard InChI is InChI=1S/C14H15N3O/c1-9-2-4-10(5-3-9)13-16-12-8-15-7-6-11(12)14(18)17-13/h2-5,15H,6-8H2,1H3,(H,16,17,18). The van der Waals surface area contributed by atoms with E-state index in [4.69, 9.17) is 0 Å². The fourth-order valence-electron chi connectivity index (χ4n) is 2.22. The Morgan fingerprint density at radius 2 is 2.00 bits per heavy atom. The quantitative estimate of drug-likeness (QED) is 0.793. The molecule has 0 saturated carbocycles.